The highest BCUT2D eigenvalue weighted by Gasteiger charge is 2.17. The van der Waals surface area contributed by atoms with Crippen molar-refractivity contribution in [3.05, 3.63) is 39.4 Å². The lowest BCUT2D eigenvalue weighted by atomic mass is 10.1. The average molecular weight is 418 g/mol. The van der Waals surface area contributed by atoms with E-state index in [4.69, 9.17) is 17.3 Å². The van der Waals surface area contributed by atoms with Gasteiger partial charge in [0.2, 0.25) is 10.5 Å². The summed E-state index contributed by atoms with van der Waals surface area (Å²) in [5.41, 5.74) is 0.855. The first-order chi connectivity index (χ1) is 13.6. The van der Waals surface area contributed by atoms with E-state index in [-0.39, 0.29) is 5.56 Å². The van der Waals surface area contributed by atoms with E-state index >= 15 is 0 Å². The highest BCUT2D eigenvalue weighted by atomic mass is 32.2. The maximum absolute atomic E-state index is 13.2. The van der Waals surface area contributed by atoms with Gasteiger partial charge in [-0.1, -0.05) is 26.0 Å². The smallest absolute Gasteiger partial charge is 0.262 e. The number of hydrogen-bond donors (Lipinski definition) is 0. The molecule has 2 aromatic heterocycles. The number of para-hydroxylation sites is 1. The highest BCUT2D eigenvalue weighted by Crippen LogP contribution is 2.16. The van der Waals surface area contributed by atoms with E-state index in [1.807, 2.05) is 45.1 Å². The molecule has 1 aliphatic heterocycles. The van der Waals surface area contributed by atoms with Crippen LogP contribution >= 0.6 is 24.0 Å². The number of aryl methyl sites for hydroxylation is 1. The van der Waals surface area contributed by atoms with Gasteiger partial charge in [-0.2, -0.15) is 11.8 Å². The second-order valence-corrected chi connectivity index (χ2v) is 9.39. The van der Waals surface area contributed by atoms with Crippen molar-refractivity contribution in [2.24, 2.45) is 5.92 Å². The number of thioether (sulfide) groups is 1. The molecule has 8 heteroatoms. The van der Waals surface area contributed by atoms with Crippen molar-refractivity contribution in [2.75, 3.05) is 24.6 Å². The molecule has 1 aliphatic rings. The van der Waals surface area contributed by atoms with Crippen LogP contribution in [0.5, 0.6) is 0 Å². The van der Waals surface area contributed by atoms with Gasteiger partial charge in [-0.25, -0.2) is 4.68 Å². The predicted octanol–water partition coefficient (Wildman–Crippen LogP) is 3.62. The summed E-state index contributed by atoms with van der Waals surface area (Å²) in [5.74, 6) is 3.52. The molecule has 0 spiro atoms. The summed E-state index contributed by atoms with van der Waals surface area (Å²) in [7, 11) is 0. The maximum atomic E-state index is 13.2. The lowest BCUT2D eigenvalue weighted by molar-refractivity contribution is 0.222. The van der Waals surface area contributed by atoms with Gasteiger partial charge in [0.15, 0.2) is 0 Å². The Morgan fingerprint density at radius 1 is 1.21 bits per heavy atom. The zero-order chi connectivity index (χ0) is 19.7. The lowest BCUT2D eigenvalue weighted by Crippen LogP contribution is -2.29. The minimum Gasteiger partial charge on any atom is -0.283 e. The molecular weight excluding hydrogens is 390 g/mol. The Kier molecular flexibility index (Phi) is 5.89. The summed E-state index contributed by atoms with van der Waals surface area (Å²) >= 11 is 7.82. The van der Waals surface area contributed by atoms with E-state index in [2.05, 4.69) is 18.7 Å². The van der Waals surface area contributed by atoms with Gasteiger partial charge in [-0.15, -0.1) is 5.10 Å². The zero-order valence-corrected chi connectivity index (χ0v) is 18.1. The fraction of sp³-hybridized carbons (Fsp3) is 0.550. The normalized spacial score (nSPS) is 16.2. The number of benzene rings is 1. The van der Waals surface area contributed by atoms with Crippen LogP contribution in [-0.4, -0.2) is 48.2 Å². The fourth-order valence-corrected chi connectivity index (χ4v) is 4.88. The third kappa shape index (κ3) is 3.77. The lowest BCUT2D eigenvalue weighted by Gasteiger charge is -2.18. The Bertz CT molecular complexity index is 1090. The van der Waals surface area contributed by atoms with Crippen LogP contribution in [0.4, 0.5) is 0 Å². The number of aromatic nitrogens is 4. The van der Waals surface area contributed by atoms with E-state index < -0.39 is 0 Å². The third-order valence-electron chi connectivity index (χ3n) is 5.26. The molecule has 150 valence electrons. The molecule has 4 rings (SSSR count). The van der Waals surface area contributed by atoms with Crippen LogP contribution < -0.4 is 5.56 Å². The molecule has 6 nitrogen and oxygen atoms in total. The Labute approximate surface area is 174 Å². The van der Waals surface area contributed by atoms with Crippen molar-refractivity contribution in [3.63, 3.8) is 0 Å². The van der Waals surface area contributed by atoms with Gasteiger partial charge in [-0.3, -0.25) is 18.7 Å². The van der Waals surface area contributed by atoms with E-state index in [0.29, 0.717) is 35.1 Å². The first-order valence-electron chi connectivity index (χ1n) is 9.97. The SMILES string of the molecule is CC(C)CCn1c(=O)c2ccccc2n2c(=S)n(CN3CCCSCC3)nc12. The fourth-order valence-electron chi connectivity index (χ4n) is 3.68. The number of nitrogens with zero attached hydrogens (tertiary/aromatic N) is 5. The van der Waals surface area contributed by atoms with Crippen LogP contribution in [-0.2, 0) is 13.2 Å². The van der Waals surface area contributed by atoms with E-state index in [1.165, 1.54) is 12.2 Å². The highest BCUT2D eigenvalue weighted by molar-refractivity contribution is 7.99. The molecule has 0 radical (unpaired) electrons. The van der Waals surface area contributed by atoms with Gasteiger partial charge in [0.1, 0.15) is 0 Å². The Balaban J connectivity index is 1.86. The van der Waals surface area contributed by atoms with Crippen LogP contribution in [0.1, 0.15) is 26.7 Å². The zero-order valence-electron chi connectivity index (χ0n) is 16.5. The van der Waals surface area contributed by atoms with Crippen LogP contribution in [0.25, 0.3) is 16.7 Å². The van der Waals surface area contributed by atoms with Crippen molar-refractivity contribution in [3.8, 4) is 0 Å². The van der Waals surface area contributed by atoms with Gasteiger partial charge >= 0.3 is 0 Å². The summed E-state index contributed by atoms with van der Waals surface area (Å²) < 4.78 is 6.31. The van der Waals surface area contributed by atoms with Crippen molar-refractivity contribution in [1.82, 2.24) is 23.6 Å². The molecule has 3 aromatic rings. The molecule has 1 saturated heterocycles. The minimum absolute atomic E-state index is 0.0158. The number of fused-ring (bicyclic) bond motifs is 3. The molecule has 0 N–H and O–H groups in total. The molecule has 1 fully saturated rings. The first-order valence-corrected chi connectivity index (χ1v) is 11.5. The summed E-state index contributed by atoms with van der Waals surface area (Å²) in [6.45, 7) is 7.77. The van der Waals surface area contributed by atoms with Crippen molar-refractivity contribution < 1.29 is 0 Å². The summed E-state index contributed by atoms with van der Waals surface area (Å²) in [6.07, 6.45) is 2.12. The van der Waals surface area contributed by atoms with E-state index in [1.54, 1.807) is 4.57 Å². The molecule has 3 heterocycles. The summed E-state index contributed by atoms with van der Waals surface area (Å²) in [6, 6.07) is 7.70. The Morgan fingerprint density at radius 2 is 2.04 bits per heavy atom. The predicted molar refractivity (Wildman–Crippen MR) is 119 cm³/mol. The molecule has 28 heavy (non-hydrogen) atoms. The number of rotatable bonds is 5. The largest absolute Gasteiger partial charge is 0.283 e. The first kappa shape index (κ1) is 19.7. The molecule has 0 aliphatic carbocycles. The topological polar surface area (TPSA) is 47.5 Å². The second kappa shape index (κ2) is 8.39. The molecular formula is C20H27N5OS2. The summed E-state index contributed by atoms with van der Waals surface area (Å²) in [5, 5.41) is 5.51. The third-order valence-corrected chi connectivity index (χ3v) is 6.70. The maximum Gasteiger partial charge on any atom is 0.262 e. The van der Waals surface area contributed by atoms with Crippen molar-refractivity contribution >= 4 is 40.7 Å². The Morgan fingerprint density at radius 3 is 2.86 bits per heavy atom. The van der Waals surface area contributed by atoms with Gasteiger partial charge in [-0.05, 0) is 48.9 Å². The van der Waals surface area contributed by atoms with Gasteiger partial charge in [0, 0.05) is 25.4 Å². The minimum atomic E-state index is 0.0158. The standard InChI is InChI=1S/C20H27N5OS2/c1-15(2)8-10-23-18(26)16-6-3-4-7-17(16)25-19(23)21-24(20(25)27)14-22-9-5-12-28-13-11-22/h3-4,6-7,15H,5,8-14H2,1-2H3. The molecule has 0 bridgehead atoms. The molecule has 0 unspecified atom stereocenters. The van der Waals surface area contributed by atoms with Gasteiger partial charge < -0.3 is 0 Å². The average Bonchev–Trinajstić information content (AvgIpc) is 2.85. The van der Waals surface area contributed by atoms with Gasteiger partial charge in [0.05, 0.1) is 17.6 Å². The quantitative estimate of drug-likeness (QED) is 0.594. The van der Waals surface area contributed by atoms with Crippen LogP contribution in [0.15, 0.2) is 29.1 Å². The second-order valence-electron chi connectivity index (χ2n) is 7.80. The van der Waals surface area contributed by atoms with Gasteiger partial charge in [0.25, 0.3) is 5.56 Å². The van der Waals surface area contributed by atoms with E-state index in [9.17, 15) is 4.79 Å². The molecule has 0 saturated carbocycles. The monoisotopic (exact) mass is 417 g/mol. The van der Waals surface area contributed by atoms with Crippen LogP contribution in [0.3, 0.4) is 0 Å². The molecule has 1 aromatic carbocycles. The van der Waals surface area contributed by atoms with Crippen LogP contribution in [0, 0.1) is 10.7 Å². The molecule has 0 amide bonds. The number of hydrogen-bond acceptors (Lipinski definition) is 5. The van der Waals surface area contributed by atoms with Crippen LogP contribution in [0.2, 0.25) is 0 Å². The summed E-state index contributed by atoms with van der Waals surface area (Å²) in [4.78, 5) is 15.6. The Hall–Kier alpha value is -1.64. The van der Waals surface area contributed by atoms with E-state index in [0.717, 1.165) is 30.8 Å². The van der Waals surface area contributed by atoms with Crippen molar-refractivity contribution in [1.29, 1.82) is 0 Å². The van der Waals surface area contributed by atoms with Crippen molar-refractivity contribution in [2.45, 2.75) is 39.9 Å². The molecule has 0 atom stereocenters.